The lowest BCUT2D eigenvalue weighted by Crippen LogP contribution is -2.41. The van der Waals surface area contributed by atoms with E-state index in [2.05, 4.69) is 31.2 Å². The first kappa shape index (κ1) is 14.9. The summed E-state index contributed by atoms with van der Waals surface area (Å²) in [5.41, 5.74) is 2.03. The first-order valence-electron chi connectivity index (χ1n) is 7.54. The van der Waals surface area contributed by atoms with Gasteiger partial charge in [-0.1, -0.05) is 25.9 Å². The van der Waals surface area contributed by atoms with Crippen LogP contribution in [0.5, 0.6) is 0 Å². The minimum absolute atomic E-state index is 0.0313. The maximum Gasteiger partial charge on any atom is 0.317 e. The molecule has 0 aromatic carbocycles. The second kappa shape index (κ2) is 6.29. The molecular weight excluding hydrogens is 254 g/mol. The molecule has 20 heavy (non-hydrogen) atoms. The molecule has 0 radical (unpaired) electrons. The summed E-state index contributed by atoms with van der Waals surface area (Å²) in [7, 11) is 0. The van der Waals surface area contributed by atoms with E-state index in [1.807, 2.05) is 11.8 Å². The van der Waals surface area contributed by atoms with Crippen LogP contribution in [0.25, 0.3) is 0 Å². The number of carbonyl (C=O) groups is 1. The SMILES string of the molecule is CCc1onc(C)c1[C@@H]1CCCN1C(=O)NCC(C)C. The predicted molar refractivity (Wildman–Crippen MR) is 77.5 cm³/mol. The van der Waals surface area contributed by atoms with Gasteiger partial charge >= 0.3 is 6.03 Å². The van der Waals surface area contributed by atoms with Crippen LogP contribution < -0.4 is 5.32 Å². The average Bonchev–Trinajstić information content (AvgIpc) is 3.01. The number of hydrogen-bond acceptors (Lipinski definition) is 3. The molecular formula is C15H25N3O2. The van der Waals surface area contributed by atoms with E-state index in [9.17, 15) is 4.79 Å². The summed E-state index contributed by atoms with van der Waals surface area (Å²) in [4.78, 5) is 14.3. The van der Waals surface area contributed by atoms with Crippen LogP contribution in [0.2, 0.25) is 0 Å². The number of nitrogens with zero attached hydrogens (tertiary/aromatic N) is 2. The number of urea groups is 1. The Hall–Kier alpha value is -1.52. The molecule has 2 amide bonds. The highest BCUT2D eigenvalue weighted by atomic mass is 16.5. The zero-order valence-electron chi connectivity index (χ0n) is 12.9. The number of hydrogen-bond donors (Lipinski definition) is 1. The van der Waals surface area contributed by atoms with Crippen molar-refractivity contribution in [3.63, 3.8) is 0 Å². The third kappa shape index (κ3) is 2.97. The summed E-state index contributed by atoms with van der Waals surface area (Å²) >= 11 is 0. The van der Waals surface area contributed by atoms with Crippen molar-refractivity contribution in [1.82, 2.24) is 15.4 Å². The number of aryl methyl sites for hydroxylation is 2. The van der Waals surface area contributed by atoms with Gasteiger partial charge in [-0.3, -0.25) is 0 Å². The molecule has 1 N–H and O–H groups in total. The van der Waals surface area contributed by atoms with Gasteiger partial charge in [0.15, 0.2) is 0 Å². The lowest BCUT2D eigenvalue weighted by molar-refractivity contribution is 0.191. The molecule has 0 unspecified atom stereocenters. The van der Waals surface area contributed by atoms with Crippen LogP contribution in [0.15, 0.2) is 4.52 Å². The molecule has 1 aliphatic rings. The summed E-state index contributed by atoms with van der Waals surface area (Å²) in [6.07, 6.45) is 2.84. The quantitative estimate of drug-likeness (QED) is 0.921. The Morgan fingerprint density at radius 2 is 2.30 bits per heavy atom. The second-order valence-corrected chi connectivity index (χ2v) is 5.89. The number of aromatic nitrogens is 1. The Balaban J connectivity index is 2.14. The molecule has 0 spiro atoms. The van der Waals surface area contributed by atoms with Crippen LogP contribution >= 0.6 is 0 Å². The van der Waals surface area contributed by atoms with Gasteiger partial charge in [0.2, 0.25) is 0 Å². The third-order valence-electron chi connectivity index (χ3n) is 3.81. The summed E-state index contributed by atoms with van der Waals surface area (Å²) < 4.78 is 5.37. The third-order valence-corrected chi connectivity index (χ3v) is 3.81. The van der Waals surface area contributed by atoms with Gasteiger partial charge in [0.25, 0.3) is 0 Å². The predicted octanol–water partition coefficient (Wildman–Crippen LogP) is 3.05. The lowest BCUT2D eigenvalue weighted by atomic mass is 10.0. The average molecular weight is 279 g/mol. The summed E-state index contributed by atoms with van der Waals surface area (Å²) in [5.74, 6) is 1.37. The van der Waals surface area contributed by atoms with Crippen molar-refractivity contribution in [3.8, 4) is 0 Å². The highest BCUT2D eigenvalue weighted by molar-refractivity contribution is 5.75. The smallest absolute Gasteiger partial charge is 0.317 e. The minimum Gasteiger partial charge on any atom is -0.361 e. The molecule has 1 fully saturated rings. The molecule has 0 bridgehead atoms. The van der Waals surface area contributed by atoms with Crippen LogP contribution in [-0.4, -0.2) is 29.2 Å². The Kier molecular flexibility index (Phi) is 4.68. The van der Waals surface area contributed by atoms with Crippen LogP contribution in [0.4, 0.5) is 4.79 Å². The first-order valence-corrected chi connectivity index (χ1v) is 7.54. The zero-order chi connectivity index (χ0) is 14.7. The summed E-state index contributed by atoms with van der Waals surface area (Å²) in [6, 6.07) is 0.146. The van der Waals surface area contributed by atoms with Crippen molar-refractivity contribution < 1.29 is 9.32 Å². The van der Waals surface area contributed by atoms with Gasteiger partial charge in [0.1, 0.15) is 5.76 Å². The van der Waals surface area contributed by atoms with E-state index < -0.39 is 0 Å². The van der Waals surface area contributed by atoms with Gasteiger partial charge in [-0.2, -0.15) is 0 Å². The van der Waals surface area contributed by atoms with Crippen molar-refractivity contribution in [2.75, 3.05) is 13.1 Å². The van der Waals surface area contributed by atoms with Crippen LogP contribution in [0.1, 0.15) is 56.7 Å². The fourth-order valence-corrected chi connectivity index (χ4v) is 2.81. The molecule has 1 aliphatic heterocycles. The van der Waals surface area contributed by atoms with E-state index >= 15 is 0 Å². The topological polar surface area (TPSA) is 58.4 Å². The summed E-state index contributed by atoms with van der Waals surface area (Å²) in [5, 5.41) is 7.08. The molecule has 5 heteroatoms. The molecule has 0 aliphatic carbocycles. The van der Waals surface area contributed by atoms with Crippen molar-refractivity contribution >= 4 is 6.03 Å². The van der Waals surface area contributed by atoms with Gasteiger partial charge in [0.05, 0.1) is 11.7 Å². The normalized spacial score (nSPS) is 18.9. The van der Waals surface area contributed by atoms with E-state index in [-0.39, 0.29) is 12.1 Å². The highest BCUT2D eigenvalue weighted by Crippen LogP contribution is 2.35. The Labute approximate surface area is 120 Å². The van der Waals surface area contributed by atoms with E-state index in [0.717, 1.165) is 42.8 Å². The first-order chi connectivity index (χ1) is 9.54. The monoisotopic (exact) mass is 279 g/mol. The fourth-order valence-electron chi connectivity index (χ4n) is 2.81. The van der Waals surface area contributed by atoms with Gasteiger partial charge in [-0.25, -0.2) is 4.79 Å². The van der Waals surface area contributed by atoms with Gasteiger partial charge in [-0.15, -0.1) is 0 Å². The van der Waals surface area contributed by atoms with Gasteiger partial charge < -0.3 is 14.7 Å². The van der Waals surface area contributed by atoms with Gasteiger partial charge in [-0.05, 0) is 25.7 Å². The Bertz CT molecular complexity index is 468. The second-order valence-electron chi connectivity index (χ2n) is 5.89. The zero-order valence-corrected chi connectivity index (χ0v) is 12.9. The number of amides is 2. The van der Waals surface area contributed by atoms with Crippen LogP contribution in [0, 0.1) is 12.8 Å². The Morgan fingerprint density at radius 3 is 2.95 bits per heavy atom. The van der Waals surface area contributed by atoms with E-state index in [1.54, 1.807) is 0 Å². The largest absolute Gasteiger partial charge is 0.361 e. The van der Waals surface area contributed by atoms with E-state index in [1.165, 1.54) is 0 Å². The number of rotatable bonds is 4. The number of likely N-dealkylation sites (tertiary alicyclic amines) is 1. The van der Waals surface area contributed by atoms with Crippen molar-refractivity contribution in [2.24, 2.45) is 5.92 Å². The van der Waals surface area contributed by atoms with Crippen LogP contribution in [0.3, 0.4) is 0 Å². The van der Waals surface area contributed by atoms with Crippen molar-refractivity contribution in [2.45, 2.75) is 53.0 Å². The molecule has 1 atom stereocenters. The Morgan fingerprint density at radius 1 is 1.55 bits per heavy atom. The standard InChI is InChI=1S/C15H25N3O2/c1-5-13-14(11(4)17-20-13)12-7-6-8-18(12)15(19)16-9-10(2)3/h10,12H,5-9H2,1-4H3,(H,16,19)/t12-/m0/s1. The molecule has 112 valence electrons. The maximum atomic E-state index is 12.3. The molecule has 0 saturated carbocycles. The molecule has 2 heterocycles. The van der Waals surface area contributed by atoms with Gasteiger partial charge in [0, 0.05) is 25.1 Å². The molecule has 5 nitrogen and oxygen atoms in total. The van der Waals surface area contributed by atoms with Crippen molar-refractivity contribution in [1.29, 1.82) is 0 Å². The number of carbonyl (C=O) groups excluding carboxylic acids is 1. The maximum absolute atomic E-state index is 12.3. The highest BCUT2D eigenvalue weighted by Gasteiger charge is 2.34. The van der Waals surface area contributed by atoms with Crippen molar-refractivity contribution in [3.05, 3.63) is 17.0 Å². The fraction of sp³-hybridized carbons (Fsp3) is 0.733. The molecule has 1 saturated heterocycles. The summed E-state index contributed by atoms with van der Waals surface area (Å²) in [6.45, 7) is 9.73. The molecule has 1 aromatic heterocycles. The molecule has 1 aromatic rings. The van der Waals surface area contributed by atoms with E-state index in [4.69, 9.17) is 4.52 Å². The minimum atomic E-state index is 0.0313. The molecule has 2 rings (SSSR count). The number of nitrogens with one attached hydrogen (secondary N) is 1. The van der Waals surface area contributed by atoms with E-state index in [0.29, 0.717) is 12.5 Å². The van der Waals surface area contributed by atoms with Crippen LogP contribution in [-0.2, 0) is 6.42 Å². The lowest BCUT2D eigenvalue weighted by Gasteiger charge is -2.25.